The number of amides is 1. The minimum atomic E-state index is -0.862. The van der Waals surface area contributed by atoms with Gasteiger partial charge in [-0.3, -0.25) is 4.79 Å². The zero-order valence-corrected chi connectivity index (χ0v) is 27.3. The van der Waals surface area contributed by atoms with E-state index in [2.05, 4.69) is 43.5 Å². The van der Waals surface area contributed by atoms with Gasteiger partial charge in [0.1, 0.15) is 0 Å². The fourth-order valence-electron chi connectivity index (χ4n) is 5.07. The van der Waals surface area contributed by atoms with Crippen LogP contribution in [0.5, 0.6) is 0 Å². The molecule has 0 aromatic heterocycles. The molecule has 0 saturated heterocycles. The van der Waals surface area contributed by atoms with Crippen molar-refractivity contribution in [2.45, 2.75) is 187 Å². The second-order valence-corrected chi connectivity index (χ2v) is 11.9. The molecule has 0 saturated carbocycles. The number of allylic oxidation sites excluding steroid dienone is 5. The molecule has 4 heteroatoms. The van der Waals surface area contributed by atoms with Gasteiger partial charge in [-0.25, -0.2) is 0 Å². The van der Waals surface area contributed by atoms with E-state index < -0.39 is 12.1 Å². The van der Waals surface area contributed by atoms with E-state index in [1.807, 2.05) is 6.08 Å². The Bertz CT molecular complexity index is 628. The predicted octanol–water partition coefficient (Wildman–Crippen LogP) is 10.3. The van der Waals surface area contributed by atoms with Gasteiger partial charge in [0.25, 0.3) is 0 Å². The third kappa shape index (κ3) is 29.9. The molecule has 3 N–H and O–H groups in total. The van der Waals surface area contributed by atoms with Gasteiger partial charge in [-0.1, -0.05) is 147 Å². The molecule has 2 unspecified atom stereocenters. The van der Waals surface area contributed by atoms with Crippen molar-refractivity contribution in [1.29, 1.82) is 0 Å². The van der Waals surface area contributed by atoms with Crippen LogP contribution in [0.2, 0.25) is 0 Å². The smallest absolute Gasteiger partial charge is 0.220 e. The molecule has 0 aliphatic rings. The third-order valence-electron chi connectivity index (χ3n) is 7.85. The molecular weight excluding hydrogens is 506 g/mol. The molecule has 0 spiro atoms. The average Bonchev–Trinajstić information content (AvgIpc) is 2.97. The first-order valence-electron chi connectivity index (χ1n) is 17.7. The Morgan fingerprint density at radius 3 is 1.41 bits per heavy atom. The summed E-state index contributed by atoms with van der Waals surface area (Å²) in [6.07, 6.45) is 42.2. The van der Waals surface area contributed by atoms with E-state index in [1.54, 1.807) is 6.08 Å². The number of rotatable bonds is 31. The Hall–Kier alpha value is -1.39. The topological polar surface area (TPSA) is 69.6 Å². The van der Waals surface area contributed by atoms with Crippen LogP contribution in [0, 0.1) is 0 Å². The van der Waals surface area contributed by atoms with Gasteiger partial charge in [0, 0.05) is 6.42 Å². The number of nitrogens with one attached hydrogen (secondary N) is 1. The first kappa shape index (κ1) is 39.6. The zero-order valence-electron chi connectivity index (χ0n) is 27.3. The van der Waals surface area contributed by atoms with Gasteiger partial charge >= 0.3 is 0 Å². The molecule has 0 aromatic rings. The van der Waals surface area contributed by atoms with Crippen molar-refractivity contribution in [1.82, 2.24) is 5.32 Å². The summed E-state index contributed by atoms with van der Waals surface area (Å²) in [5.41, 5.74) is 0. The fraction of sp³-hybridized carbons (Fsp3) is 0.811. The summed E-state index contributed by atoms with van der Waals surface area (Å²) in [5.74, 6) is -0.0854. The number of aliphatic hydroxyl groups is 2. The summed E-state index contributed by atoms with van der Waals surface area (Å²) >= 11 is 0. The van der Waals surface area contributed by atoms with E-state index in [9.17, 15) is 15.0 Å². The molecule has 0 aliphatic carbocycles. The number of aliphatic hydroxyl groups excluding tert-OH is 2. The molecule has 1 amide bonds. The Morgan fingerprint density at radius 2 is 0.951 bits per heavy atom. The van der Waals surface area contributed by atoms with Gasteiger partial charge in [0.2, 0.25) is 5.91 Å². The normalized spacial score (nSPS) is 13.6. The number of hydrogen-bond donors (Lipinski definition) is 3. The zero-order chi connectivity index (χ0) is 30.1. The molecule has 0 fully saturated rings. The molecule has 240 valence electrons. The van der Waals surface area contributed by atoms with Crippen LogP contribution >= 0.6 is 0 Å². The van der Waals surface area contributed by atoms with Gasteiger partial charge in [0.15, 0.2) is 0 Å². The summed E-state index contributed by atoms with van der Waals surface area (Å²) < 4.78 is 0. The second kappa shape index (κ2) is 33.1. The summed E-state index contributed by atoms with van der Waals surface area (Å²) in [5, 5.41) is 22.8. The first-order chi connectivity index (χ1) is 20.2. The van der Waals surface area contributed by atoms with Crippen molar-refractivity contribution in [3.05, 3.63) is 36.5 Å². The molecule has 4 nitrogen and oxygen atoms in total. The van der Waals surface area contributed by atoms with Crippen molar-refractivity contribution in [2.24, 2.45) is 0 Å². The number of unbranched alkanes of at least 4 members (excludes halogenated alkanes) is 20. The van der Waals surface area contributed by atoms with Crippen LogP contribution in [0.25, 0.3) is 0 Å². The highest BCUT2D eigenvalue weighted by molar-refractivity contribution is 5.76. The maximum Gasteiger partial charge on any atom is 0.220 e. The average molecular weight is 576 g/mol. The monoisotopic (exact) mass is 576 g/mol. The van der Waals surface area contributed by atoms with Crippen molar-refractivity contribution in [3.8, 4) is 0 Å². The van der Waals surface area contributed by atoms with Crippen molar-refractivity contribution < 1.29 is 15.0 Å². The molecule has 0 aliphatic heterocycles. The summed E-state index contributed by atoms with van der Waals surface area (Å²) in [6, 6.07) is -0.639. The highest BCUT2D eigenvalue weighted by Gasteiger charge is 2.17. The Kier molecular flexibility index (Phi) is 32.0. The van der Waals surface area contributed by atoms with Crippen LogP contribution in [0.15, 0.2) is 36.5 Å². The highest BCUT2D eigenvalue weighted by atomic mass is 16.3. The maximum absolute atomic E-state index is 12.3. The molecule has 2 atom stereocenters. The van der Waals surface area contributed by atoms with Crippen molar-refractivity contribution >= 4 is 5.91 Å². The van der Waals surface area contributed by atoms with E-state index in [0.29, 0.717) is 6.42 Å². The van der Waals surface area contributed by atoms with Gasteiger partial charge in [0.05, 0.1) is 18.8 Å². The lowest BCUT2D eigenvalue weighted by atomic mass is 10.1. The van der Waals surface area contributed by atoms with Crippen LogP contribution in [0.1, 0.15) is 174 Å². The molecule has 0 rings (SSSR count). The lowest BCUT2D eigenvalue weighted by Gasteiger charge is -2.19. The minimum Gasteiger partial charge on any atom is -0.394 e. The molecule has 0 heterocycles. The van der Waals surface area contributed by atoms with Crippen LogP contribution in [0.4, 0.5) is 0 Å². The van der Waals surface area contributed by atoms with E-state index in [-0.39, 0.29) is 12.5 Å². The number of hydrogen-bond acceptors (Lipinski definition) is 3. The molecule has 0 radical (unpaired) electrons. The summed E-state index contributed by atoms with van der Waals surface area (Å²) in [6.45, 7) is 4.26. The Balaban J connectivity index is 3.71. The van der Waals surface area contributed by atoms with Crippen LogP contribution in [-0.2, 0) is 4.79 Å². The second-order valence-electron chi connectivity index (χ2n) is 11.9. The number of carbonyl (C=O) groups is 1. The first-order valence-corrected chi connectivity index (χ1v) is 17.7. The van der Waals surface area contributed by atoms with Crippen LogP contribution in [-0.4, -0.2) is 34.9 Å². The lowest BCUT2D eigenvalue weighted by Crippen LogP contribution is -2.45. The highest BCUT2D eigenvalue weighted by Crippen LogP contribution is 2.12. The number of carbonyl (C=O) groups excluding carboxylic acids is 1. The largest absolute Gasteiger partial charge is 0.394 e. The van der Waals surface area contributed by atoms with Gasteiger partial charge in [-0.2, -0.15) is 0 Å². The molecule has 0 aromatic carbocycles. The Morgan fingerprint density at radius 1 is 0.561 bits per heavy atom. The van der Waals surface area contributed by atoms with Gasteiger partial charge in [-0.15, -0.1) is 0 Å². The SMILES string of the molecule is CCCCCCC/C=C\CCCCCCCC(=O)NC(CO)C(O)/C=C/CC/C=C/CCCCCCCCCCC. The maximum atomic E-state index is 12.3. The predicted molar refractivity (Wildman–Crippen MR) is 179 cm³/mol. The standard InChI is InChI=1S/C37H69NO3/c1-3-5-7-9-11-13-15-17-19-20-22-24-26-28-30-32-36(40)35(34-39)38-37(41)33-31-29-27-25-23-21-18-16-14-12-10-8-6-4-2/h16,18,22,24,30,32,35-36,39-40H,3-15,17,19-21,23,25-29,31,33-34H2,1-2H3,(H,38,41)/b18-16-,24-22+,32-30+. The van der Waals surface area contributed by atoms with E-state index >= 15 is 0 Å². The van der Waals surface area contributed by atoms with Crippen LogP contribution < -0.4 is 5.32 Å². The molecule has 41 heavy (non-hydrogen) atoms. The summed E-state index contributed by atoms with van der Waals surface area (Å²) in [7, 11) is 0. The quantitative estimate of drug-likeness (QED) is 0.0569. The van der Waals surface area contributed by atoms with E-state index in [1.165, 1.54) is 109 Å². The van der Waals surface area contributed by atoms with Crippen molar-refractivity contribution in [3.63, 3.8) is 0 Å². The van der Waals surface area contributed by atoms with Crippen molar-refractivity contribution in [2.75, 3.05) is 6.61 Å². The molecule has 0 bridgehead atoms. The van der Waals surface area contributed by atoms with Gasteiger partial charge < -0.3 is 15.5 Å². The Labute approximate surface area is 255 Å². The summed E-state index contributed by atoms with van der Waals surface area (Å²) in [4.78, 5) is 12.3. The third-order valence-corrected chi connectivity index (χ3v) is 7.85. The minimum absolute atomic E-state index is 0.0854. The van der Waals surface area contributed by atoms with E-state index in [4.69, 9.17) is 0 Å². The van der Waals surface area contributed by atoms with Crippen LogP contribution in [0.3, 0.4) is 0 Å². The van der Waals surface area contributed by atoms with Gasteiger partial charge in [-0.05, 0) is 57.8 Å². The van der Waals surface area contributed by atoms with E-state index in [0.717, 1.165) is 44.9 Å². The lowest BCUT2D eigenvalue weighted by molar-refractivity contribution is -0.123. The fourth-order valence-corrected chi connectivity index (χ4v) is 5.07. The molecular formula is C37H69NO3.